The summed E-state index contributed by atoms with van der Waals surface area (Å²) in [7, 11) is 0. The predicted octanol–water partition coefficient (Wildman–Crippen LogP) is -0.600. The van der Waals surface area contributed by atoms with Gasteiger partial charge >= 0.3 is 0 Å². The van der Waals surface area contributed by atoms with Gasteiger partial charge in [0.1, 0.15) is 0 Å². The maximum absolute atomic E-state index is 11.0. The van der Waals surface area contributed by atoms with Crippen LogP contribution in [0.1, 0.15) is 26.7 Å². The van der Waals surface area contributed by atoms with Gasteiger partial charge in [0, 0.05) is 13.0 Å². The summed E-state index contributed by atoms with van der Waals surface area (Å²) >= 11 is 0. The molecule has 0 aliphatic heterocycles. The van der Waals surface area contributed by atoms with E-state index in [0.29, 0.717) is 6.42 Å². The molecule has 0 saturated carbocycles. The van der Waals surface area contributed by atoms with Crippen LogP contribution >= 0.6 is 0 Å². The maximum atomic E-state index is 11.0. The fourth-order valence-corrected chi connectivity index (χ4v) is 0.818. The zero-order valence-electron chi connectivity index (χ0n) is 8.67. The van der Waals surface area contributed by atoms with Crippen molar-refractivity contribution in [2.75, 3.05) is 13.1 Å². The third kappa shape index (κ3) is 7.54. The number of hydrogen-bond donors (Lipinski definition) is 3. The summed E-state index contributed by atoms with van der Waals surface area (Å²) in [4.78, 5) is 22.0. The lowest BCUT2D eigenvalue weighted by Gasteiger charge is -2.07. The summed E-state index contributed by atoms with van der Waals surface area (Å²) in [6, 6.07) is 0. The van der Waals surface area contributed by atoms with Gasteiger partial charge in [0.25, 0.3) is 0 Å². The summed E-state index contributed by atoms with van der Waals surface area (Å²) in [6.07, 6.45) is 0.635. The van der Waals surface area contributed by atoms with Crippen LogP contribution in [-0.4, -0.2) is 36.1 Å². The summed E-state index contributed by atoms with van der Waals surface area (Å²) in [5.74, 6) is -0.407. The lowest BCUT2D eigenvalue weighted by molar-refractivity contribution is -0.126. The minimum Gasteiger partial charge on any atom is -0.392 e. The Morgan fingerprint density at radius 2 is 1.93 bits per heavy atom. The number of amides is 2. The minimum absolute atomic E-state index is 0.0223. The highest BCUT2D eigenvalue weighted by Crippen LogP contribution is 1.84. The number of rotatable bonds is 6. The first-order chi connectivity index (χ1) is 6.56. The van der Waals surface area contributed by atoms with Crippen LogP contribution in [0.4, 0.5) is 0 Å². The lowest BCUT2D eigenvalue weighted by atomic mass is 10.3. The standard InChI is InChI=1S/C9H18N2O3/c1-3-4-8(13)11-6-9(14)10-5-7(2)12/h7,12H,3-6H2,1-2H3,(H,10,14)(H,11,13). The van der Waals surface area contributed by atoms with E-state index < -0.39 is 6.10 Å². The average Bonchev–Trinajstić information content (AvgIpc) is 2.12. The zero-order valence-corrected chi connectivity index (χ0v) is 8.67. The van der Waals surface area contributed by atoms with E-state index >= 15 is 0 Å². The molecule has 0 bridgehead atoms. The van der Waals surface area contributed by atoms with Crippen LogP contribution < -0.4 is 10.6 Å². The molecule has 14 heavy (non-hydrogen) atoms. The number of aliphatic hydroxyl groups excluding tert-OH is 1. The Hall–Kier alpha value is -1.10. The van der Waals surface area contributed by atoms with Crippen molar-refractivity contribution in [1.82, 2.24) is 10.6 Å². The molecule has 0 aromatic carbocycles. The number of aliphatic hydroxyl groups is 1. The molecule has 82 valence electrons. The maximum Gasteiger partial charge on any atom is 0.239 e. The summed E-state index contributed by atoms with van der Waals surface area (Å²) < 4.78 is 0. The Labute approximate surface area is 83.9 Å². The molecule has 0 saturated heterocycles. The van der Waals surface area contributed by atoms with E-state index in [1.807, 2.05) is 6.92 Å². The third-order valence-corrected chi connectivity index (χ3v) is 1.52. The fraction of sp³-hybridized carbons (Fsp3) is 0.778. The molecule has 0 heterocycles. The molecule has 0 aromatic heterocycles. The minimum atomic E-state index is -0.565. The molecule has 0 aliphatic carbocycles. The van der Waals surface area contributed by atoms with Crippen molar-refractivity contribution in [3.8, 4) is 0 Å². The molecular formula is C9H18N2O3. The largest absolute Gasteiger partial charge is 0.392 e. The second kappa shape index (κ2) is 7.32. The van der Waals surface area contributed by atoms with Crippen LogP contribution in [0.5, 0.6) is 0 Å². The van der Waals surface area contributed by atoms with Crippen molar-refractivity contribution in [3.05, 3.63) is 0 Å². The first-order valence-electron chi connectivity index (χ1n) is 4.77. The fourth-order valence-electron chi connectivity index (χ4n) is 0.818. The van der Waals surface area contributed by atoms with Crippen molar-refractivity contribution >= 4 is 11.8 Å². The SMILES string of the molecule is CCCC(=O)NCC(=O)NCC(C)O. The Morgan fingerprint density at radius 3 is 2.43 bits per heavy atom. The monoisotopic (exact) mass is 202 g/mol. The highest BCUT2D eigenvalue weighted by atomic mass is 16.3. The van der Waals surface area contributed by atoms with Crippen LogP contribution in [0.2, 0.25) is 0 Å². The van der Waals surface area contributed by atoms with Crippen LogP contribution in [0.25, 0.3) is 0 Å². The topological polar surface area (TPSA) is 78.4 Å². The van der Waals surface area contributed by atoms with Crippen molar-refractivity contribution in [3.63, 3.8) is 0 Å². The molecule has 0 aromatic rings. The number of carbonyl (C=O) groups excluding carboxylic acids is 2. The van der Waals surface area contributed by atoms with Gasteiger partial charge in [-0.05, 0) is 13.3 Å². The molecular weight excluding hydrogens is 184 g/mol. The summed E-state index contributed by atoms with van der Waals surface area (Å²) in [5, 5.41) is 13.8. The van der Waals surface area contributed by atoms with E-state index in [9.17, 15) is 9.59 Å². The van der Waals surface area contributed by atoms with Crippen LogP contribution in [-0.2, 0) is 9.59 Å². The highest BCUT2D eigenvalue weighted by Gasteiger charge is 2.04. The summed E-state index contributed by atoms with van der Waals surface area (Å²) in [6.45, 7) is 3.66. The number of carbonyl (C=O) groups is 2. The molecule has 1 unspecified atom stereocenters. The van der Waals surface area contributed by atoms with Gasteiger partial charge < -0.3 is 15.7 Å². The zero-order chi connectivity index (χ0) is 11.0. The Bertz CT molecular complexity index is 192. The van der Waals surface area contributed by atoms with Crippen LogP contribution in [0.15, 0.2) is 0 Å². The first kappa shape index (κ1) is 12.9. The molecule has 3 N–H and O–H groups in total. The molecule has 2 amide bonds. The molecule has 0 fully saturated rings. The van der Waals surface area contributed by atoms with E-state index in [4.69, 9.17) is 5.11 Å². The Morgan fingerprint density at radius 1 is 1.29 bits per heavy atom. The van der Waals surface area contributed by atoms with E-state index in [1.54, 1.807) is 6.92 Å². The molecule has 0 radical (unpaired) electrons. The van der Waals surface area contributed by atoms with Crippen LogP contribution in [0.3, 0.4) is 0 Å². The van der Waals surface area contributed by atoms with E-state index in [1.165, 1.54) is 0 Å². The van der Waals surface area contributed by atoms with Gasteiger partial charge in [-0.25, -0.2) is 0 Å². The van der Waals surface area contributed by atoms with Crippen molar-refractivity contribution in [2.45, 2.75) is 32.8 Å². The Balaban J connectivity index is 3.48. The third-order valence-electron chi connectivity index (χ3n) is 1.52. The quantitative estimate of drug-likeness (QED) is 0.538. The van der Waals surface area contributed by atoms with Gasteiger partial charge in [0.2, 0.25) is 11.8 Å². The van der Waals surface area contributed by atoms with Gasteiger partial charge in [-0.15, -0.1) is 0 Å². The molecule has 0 aliphatic rings. The van der Waals surface area contributed by atoms with Gasteiger partial charge in [0.05, 0.1) is 12.6 Å². The first-order valence-corrected chi connectivity index (χ1v) is 4.77. The molecule has 5 heteroatoms. The molecule has 5 nitrogen and oxygen atoms in total. The van der Waals surface area contributed by atoms with E-state index in [0.717, 1.165) is 6.42 Å². The second-order valence-electron chi connectivity index (χ2n) is 3.18. The second-order valence-corrected chi connectivity index (χ2v) is 3.18. The predicted molar refractivity (Wildman–Crippen MR) is 52.6 cm³/mol. The number of hydrogen-bond acceptors (Lipinski definition) is 3. The molecule has 0 spiro atoms. The smallest absolute Gasteiger partial charge is 0.239 e. The average molecular weight is 202 g/mol. The normalized spacial score (nSPS) is 11.9. The van der Waals surface area contributed by atoms with Gasteiger partial charge in [0.15, 0.2) is 0 Å². The summed E-state index contributed by atoms with van der Waals surface area (Å²) in [5.41, 5.74) is 0. The molecule has 1 atom stereocenters. The van der Waals surface area contributed by atoms with Gasteiger partial charge in [-0.1, -0.05) is 6.92 Å². The van der Waals surface area contributed by atoms with Crippen molar-refractivity contribution in [2.24, 2.45) is 0 Å². The van der Waals surface area contributed by atoms with E-state index in [-0.39, 0.29) is 24.9 Å². The highest BCUT2D eigenvalue weighted by molar-refractivity contribution is 5.84. The number of nitrogens with one attached hydrogen (secondary N) is 2. The van der Waals surface area contributed by atoms with E-state index in [2.05, 4.69) is 10.6 Å². The Kier molecular flexibility index (Phi) is 6.74. The van der Waals surface area contributed by atoms with Gasteiger partial charge in [-0.2, -0.15) is 0 Å². The molecule has 0 rings (SSSR count). The van der Waals surface area contributed by atoms with Crippen LogP contribution in [0, 0.1) is 0 Å². The van der Waals surface area contributed by atoms with Crippen molar-refractivity contribution < 1.29 is 14.7 Å². The van der Waals surface area contributed by atoms with Gasteiger partial charge in [-0.3, -0.25) is 9.59 Å². The lowest BCUT2D eigenvalue weighted by Crippen LogP contribution is -2.39. The van der Waals surface area contributed by atoms with Crippen molar-refractivity contribution in [1.29, 1.82) is 0 Å².